The smallest absolute Gasteiger partial charge is 0.407 e. The van der Waals surface area contributed by atoms with E-state index in [2.05, 4.69) is 31.2 Å². The van der Waals surface area contributed by atoms with Gasteiger partial charge in [0.15, 0.2) is 0 Å². The fourth-order valence-corrected chi connectivity index (χ4v) is 5.46. The largest absolute Gasteiger partial charge is 0.465 e. The summed E-state index contributed by atoms with van der Waals surface area (Å²) in [6.45, 7) is 6.93. The molecule has 3 aromatic rings. The van der Waals surface area contributed by atoms with Crippen molar-refractivity contribution in [2.24, 2.45) is 0 Å². The molecule has 2 aromatic heterocycles. The van der Waals surface area contributed by atoms with E-state index in [1.807, 2.05) is 45.2 Å². The molecule has 1 fully saturated rings. The molecule has 2 aliphatic heterocycles. The van der Waals surface area contributed by atoms with E-state index >= 15 is 0 Å². The molecular formula is C29H34N6O4. The van der Waals surface area contributed by atoms with Crippen LogP contribution in [-0.4, -0.2) is 71.7 Å². The van der Waals surface area contributed by atoms with Gasteiger partial charge in [0.05, 0.1) is 0 Å². The summed E-state index contributed by atoms with van der Waals surface area (Å²) < 4.78 is 0. The van der Waals surface area contributed by atoms with Gasteiger partial charge in [0.1, 0.15) is 5.82 Å². The number of aromatic amines is 1. The van der Waals surface area contributed by atoms with Crippen molar-refractivity contribution in [3.05, 3.63) is 74.8 Å². The number of rotatable bonds is 6. The maximum Gasteiger partial charge on any atom is 0.407 e. The highest BCUT2D eigenvalue weighted by Gasteiger charge is 2.25. The predicted molar refractivity (Wildman–Crippen MR) is 151 cm³/mol. The number of hydrogen-bond acceptors (Lipinski definition) is 6. The summed E-state index contributed by atoms with van der Waals surface area (Å²) >= 11 is 0. The van der Waals surface area contributed by atoms with Crippen LogP contribution in [0.4, 0.5) is 16.3 Å². The number of H-pyrrole nitrogens is 1. The van der Waals surface area contributed by atoms with Gasteiger partial charge >= 0.3 is 6.09 Å². The Balaban J connectivity index is 1.38. The van der Waals surface area contributed by atoms with Crippen molar-refractivity contribution >= 4 is 23.5 Å². The van der Waals surface area contributed by atoms with Gasteiger partial charge in [-0.2, -0.15) is 0 Å². The Morgan fingerprint density at radius 3 is 2.51 bits per heavy atom. The second-order valence-corrected chi connectivity index (χ2v) is 10.2. The molecule has 1 saturated heterocycles. The first kappa shape index (κ1) is 26.3. The summed E-state index contributed by atoms with van der Waals surface area (Å²) in [5.74, 6) is 0.599. The quantitative estimate of drug-likeness (QED) is 0.448. The van der Waals surface area contributed by atoms with Crippen LogP contribution in [0.25, 0.3) is 11.1 Å². The molecule has 204 valence electrons. The summed E-state index contributed by atoms with van der Waals surface area (Å²) in [4.78, 5) is 50.4. The molecule has 10 heteroatoms. The molecule has 2 aliphatic rings. The number of carbonyl (C=O) groups excluding carboxylic acids is 1. The minimum atomic E-state index is -0.893. The van der Waals surface area contributed by atoms with Crippen LogP contribution < -0.4 is 20.7 Å². The number of likely N-dealkylation sites (N-methyl/N-ethyl adjacent to an activating group) is 1. The minimum Gasteiger partial charge on any atom is -0.465 e. The molecule has 0 radical (unpaired) electrons. The van der Waals surface area contributed by atoms with E-state index in [4.69, 9.17) is 0 Å². The summed E-state index contributed by atoms with van der Waals surface area (Å²) in [7, 11) is 2.02. The summed E-state index contributed by atoms with van der Waals surface area (Å²) in [6, 6.07) is 9.90. The molecule has 0 saturated carbocycles. The molecule has 0 bridgehead atoms. The Kier molecular flexibility index (Phi) is 7.28. The number of amides is 2. The van der Waals surface area contributed by atoms with Gasteiger partial charge in [-0.15, -0.1) is 0 Å². The molecule has 0 atom stereocenters. The number of nitrogens with one attached hydrogen (secondary N) is 2. The first-order chi connectivity index (χ1) is 18.7. The third-order valence-electron chi connectivity index (χ3n) is 7.70. The number of aromatic nitrogens is 2. The number of carboxylic acid groups (broad SMARTS) is 1. The number of aryl methyl sites for hydroxylation is 2. The Hall–Kier alpha value is -4.34. The van der Waals surface area contributed by atoms with Gasteiger partial charge in [0.2, 0.25) is 0 Å². The number of pyridine rings is 2. The zero-order valence-electron chi connectivity index (χ0n) is 22.6. The van der Waals surface area contributed by atoms with Gasteiger partial charge < -0.3 is 30.1 Å². The van der Waals surface area contributed by atoms with Crippen LogP contribution in [-0.2, 0) is 19.4 Å². The number of anilines is 2. The van der Waals surface area contributed by atoms with E-state index in [9.17, 15) is 19.5 Å². The lowest BCUT2D eigenvalue weighted by molar-refractivity contribution is 0.0950. The Bertz CT molecular complexity index is 1460. The molecule has 0 spiro atoms. The lowest BCUT2D eigenvalue weighted by atomic mass is 9.97. The van der Waals surface area contributed by atoms with Crippen molar-refractivity contribution in [1.82, 2.24) is 20.2 Å². The van der Waals surface area contributed by atoms with Crippen LogP contribution in [0.1, 0.15) is 39.7 Å². The van der Waals surface area contributed by atoms with E-state index in [-0.39, 0.29) is 18.0 Å². The zero-order valence-corrected chi connectivity index (χ0v) is 22.6. The van der Waals surface area contributed by atoms with E-state index < -0.39 is 6.09 Å². The Labute approximate surface area is 227 Å². The lowest BCUT2D eigenvalue weighted by Gasteiger charge is -2.33. The maximum atomic E-state index is 13.5. The monoisotopic (exact) mass is 530 g/mol. The van der Waals surface area contributed by atoms with E-state index in [0.717, 1.165) is 52.4 Å². The average molecular weight is 531 g/mol. The molecule has 5 rings (SSSR count). The van der Waals surface area contributed by atoms with Crippen LogP contribution in [0.3, 0.4) is 0 Å². The van der Waals surface area contributed by atoms with Crippen molar-refractivity contribution in [1.29, 1.82) is 0 Å². The third kappa shape index (κ3) is 5.32. The maximum absolute atomic E-state index is 13.5. The van der Waals surface area contributed by atoms with E-state index in [1.54, 1.807) is 6.20 Å². The molecule has 1 aromatic carbocycles. The number of carbonyl (C=O) groups is 2. The second-order valence-electron chi connectivity index (χ2n) is 10.2. The van der Waals surface area contributed by atoms with Crippen molar-refractivity contribution < 1.29 is 14.7 Å². The van der Waals surface area contributed by atoms with Crippen molar-refractivity contribution in [2.45, 2.75) is 33.2 Å². The van der Waals surface area contributed by atoms with Crippen LogP contribution >= 0.6 is 0 Å². The standard InChI is InChI=1S/C29H34N6O4/c1-4-19-13-18(2)32-28(37)24(19)17-31-27(36)23-14-21(15-25-22(23)7-8-33(25)3)20-5-6-26(30-16-20)34-9-11-35(12-10-34)29(38)39/h5-6,13-16H,4,7-12,17H2,1-3H3,(H,31,36)(H,32,37)(H,38,39). The second kappa shape index (κ2) is 10.8. The molecule has 0 unspecified atom stereocenters. The molecule has 39 heavy (non-hydrogen) atoms. The van der Waals surface area contributed by atoms with Gasteiger partial charge in [-0.1, -0.05) is 6.92 Å². The van der Waals surface area contributed by atoms with Crippen LogP contribution in [0.2, 0.25) is 0 Å². The van der Waals surface area contributed by atoms with E-state index in [1.165, 1.54) is 4.90 Å². The number of piperazine rings is 1. The summed E-state index contributed by atoms with van der Waals surface area (Å²) in [5, 5.41) is 12.2. The molecule has 3 N–H and O–H groups in total. The Morgan fingerprint density at radius 1 is 1.08 bits per heavy atom. The van der Waals surface area contributed by atoms with Gasteiger partial charge in [-0.25, -0.2) is 9.78 Å². The van der Waals surface area contributed by atoms with Gasteiger partial charge in [-0.3, -0.25) is 9.59 Å². The van der Waals surface area contributed by atoms with Crippen LogP contribution in [0.5, 0.6) is 0 Å². The Morgan fingerprint density at radius 2 is 1.85 bits per heavy atom. The third-order valence-corrected chi connectivity index (χ3v) is 7.70. The molecule has 2 amide bonds. The number of fused-ring (bicyclic) bond motifs is 1. The minimum absolute atomic E-state index is 0.165. The fourth-order valence-electron chi connectivity index (χ4n) is 5.46. The first-order valence-electron chi connectivity index (χ1n) is 13.3. The number of benzene rings is 1. The van der Waals surface area contributed by atoms with Crippen LogP contribution in [0, 0.1) is 6.92 Å². The molecular weight excluding hydrogens is 496 g/mol. The molecule has 4 heterocycles. The topological polar surface area (TPSA) is 122 Å². The number of hydrogen-bond donors (Lipinski definition) is 3. The van der Waals surface area contributed by atoms with Gasteiger partial charge in [-0.05, 0) is 66.8 Å². The highest BCUT2D eigenvalue weighted by Crippen LogP contribution is 2.35. The lowest BCUT2D eigenvalue weighted by Crippen LogP contribution is -2.48. The highest BCUT2D eigenvalue weighted by molar-refractivity contribution is 5.99. The van der Waals surface area contributed by atoms with Gasteiger partial charge in [0.25, 0.3) is 11.5 Å². The SMILES string of the molecule is CCc1cc(C)[nH]c(=O)c1CNC(=O)c1cc(-c2ccc(N3CCN(C(=O)O)CC3)nc2)cc2c1CCN2C. The molecule has 10 nitrogen and oxygen atoms in total. The van der Waals surface area contributed by atoms with Crippen LogP contribution in [0.15, 0.2) is 41.3 Å². The predicted octanol–water partition coefficient (Wildman–Crippen LogP) is 3.03. The first-order valence-corrected chi connectivity index (χ1v) is 13.3. The van der Waals surface area contributed by atoms with Crippen molar-refractivity contribution in [2.75, 3.05) is 49.6 Å². The summed E-state index contributed by atoms with van der Waals surface area (Å²) in [6.07, 6.45) is 2.40. The van der Waals surface area contributed by atoms with Gasteiger partial charge in [0, 0.05) is 80.6 Å². The highest BCUT2D eigenvalue weighted by atomic mass is 16.4. The van der Waals surface area contributed by atoms with Crippen molar-refractivity contribution in [3.8, 4) is 11.1 Å². The number of nitrogens with zero attached hydrogens (tertiary/aromatic N) is 4. The van der Waals surface area contributed by atoms with Crippen molar-refractivity contribution in [3.63, 3.8) is 0 Å². The normalized spacial score (nSPS) is 14.9. The summed E-state index contributed by atoms with van der Waals surface area (Å²) in [5.41, 5.74) is 6.60. The average Bonchev–Trinajstić information content (AvgIpc) is 3.32. The van der Waals surface area contributed by atoms with E-state index in [0.29, 0.717) is 43.7 Å². The zero-order chi connectivity index (χ0) is 27.7. The molecule has 0 aliphatic carbocycles. The fraction of sp³-hybridized carbons (Fsp3) is 0.379.